The maximum Gasteiger partial charge on any atom is 0.124 e. The molecule has 0 fully saturated rings. The van der Waals surface area contributed by atoms with Gasteiger partial charge in [0.05, 0.1) is 7.11 Å². The minimum Gasteiger partial charge on any atom is -0.496 e. The lowest BCUT2D eigenvalue weighted by Crippen LogP contribution is -2.02. The number of halogens is 1. The average molecular weight is 379 g/mol. The molecule has 24 heavy (non-hydrogen) atoms. The first kappa shape index (κ1) is 15.5. The van der Waals surface area contributed by atoms with Gasteiger partial charge in [-0.2, -0.15) is 0 Å². The van der Waals surface area contributed by atoms with Gasteiger partial charge in [-0.25, -0.2) is 0 Å². The lowest BCUT2D eigenvalue weighted by Gasteiger charge is -2.18. The smallest absolute Gasteiger partial charge is 0.124 e. The molecule has 1 aliphatic carbocycles. The number of benzene rings is 3. The van der Waals surface area contributed by atoms with E-state index in [9.17, 15) is 0 Å². The Balaban J connectivity index is 1.97. The molecule has 3 aromatic rings. The van der Waals surface area contributed by atoms with Crippen LogP contribution in [0.1, 0.15) is 33.7 Å². The van der Waals surface area contributed by atoms with Crippen LogP contribution in [-0.2, 0) is 0 Å². The van der Waals surface area contributed by atoms with Gasteiger partial charge in [-0.3, -0.25) is 0 Å². The Morgan fingerprint density at radius 2 is 1.50 bits per heavy atom. The van der Waals surface area contributed by atoms with Gasteiger partial charge in [0.15, 0.2) is 0 Å². The molecule has 0 amide bonds. The maximum atomic E-state index is 5.54. The van der Waals surface area contributed by atoms with Crippen molar-refractivity contribution >= 4 is 15.9 Å². The van der Waals surface area contributed by atoms with Crippen LogP contribution >= 0.6 is 15.9 Å². The monoisotopic (exact) mass is 378 g/mol. The predicted octanol–water partition coefficient (Wildman–Crippen LogP) is 6.24. The highest BCUT2D eigenvalue weighted by molar-refractivity contribution is 9.10. The molecule has 0 bridgehead atoms. The van der Waals surface area contributed by atoms with Crippen molar-refractivity contribution < 1.29 is 4.74 Å². The van der Waals surface area contributed by atoms with Crippen LogP contribution in [0.25, 0.3) is 11.1 Å². The summed E-state index contributed by atoms with van der Waals surface area (Å²) in [5.74, 6) is 1.26. The molecule has 120 valence electrons. The number of fused-ring (bicyclic) bond motifs is 3. The van der Waals surface area contributed by atoms with Crippen molar-refractivity contribution in [1.29, 1.82) is 0 Å². The van der Waals surface area contributed by atoms with E-state index in [2.05, 4.69) is 84.4 Å². The number of ether oxygens (including phenoxy) is 1. The van der Waals surface area contributed by atoms with Crippen molar-refractivity contribution in [1.82, 2.24) is 0 Å². The highest BCUT2D eigenvalue weighted by atomic mass is 79.9. The van der Waals surface area contributed by atoms with Crippen molar-refractivity contribution in [2.24, 2.45) is 0 Å². The number of hydrogen-bond acceptors (Lipinski definition) is 1. The Kier molecular flexibility index (Phi) is 3.73. The van der Waals surface area contributed by atoms with E-state index in [4.69, 9.17) is 4.74 Å². The summed E-state index contributed by atoms with van der Waals surface area (Å²) in [6.07, 6.45) is 0. The summed E-state index contributed by atoms with van der Waals surface area (Å²) in [4.78, 5) is 0. The molecule has 0 saturated carbocycles. The fourth-order valence-corrected chi connectivity index (χ4v) is 4.39. The lowest BCUT2D eigenvalue weighted by molar-refractivity contribution is 0.408. The van der Waals surface area contributed by atoms with Crippen molar-refractivity contribution in [3.63, 3.8) is 0 Å². The maximum absolute atomic E-state index is 5.54. The van der Waals surface area contributed by atoms with Crippen molar-refractivity contribution in [3.8, 4) is 16.9 Å². The fraction of sp³-hybridized carbons (Fsp3) is 0.182. The summed E-state index contributed by atoms with van der Waals surface area (Å²) in [5, 5.41) is 0. The fourth-order valence-electron chi connectivity index (χ4n) is 4.01. The van der Waals surface area contributed by atoms with Crippen LogP contribution in [0, 0.1) is 13.8 Å². The molecule has 1 aliphatic rings. The molecule has 0 N–H and O–H groups in total. The highest BCUT2D eigenvalue weighted by Crippen LogP contribution is 2.49. The minimum absolute atomic E-state index is 0.275. The molecule has 0 aromatic heterocycles. The van der Waals surface area contributed by atoms with Crippen molar-refractivity contribution in [2.75, 3.05) is 7.11 Å². The van der Waals surface area contributed by atoms with Gasteiger partial charge in [0.1, 0.15) is 5.75 Å². The number of rotatable bonds is 2. The molecule has 0 radical (unpaired) electrons. The second-order valence-corrected chi connectivity index (χ2v) is 7.36. The van der Waals surface area contributed by atoms with Crippen molar-refractivity contribution in [3.05, 3.63) is 86.9 Å². The van der Waals surface area contributed by atoms with E-state index in [-0.39, 0.29) is 5.92 Å². The van der Waals surface area contributed by atoms with E-state index >= 15 is 0 Å². The molecule has 0 spiro atoms. The predicted molar refractivity (Wildman–Crippen MR) is 103 cm³/mol. The molecule has 0 saturated heterocycles. The number of hydrogen-bond donors (Lipinski definition) is 0. The Morgan fingerprint density at radius 3 is 2.21 bits per heavy atom. The second kappa shape index (κ2) is 5.78. The van der Waals surface area contributed by atoms with Gasteiger partial charge >= 0.3 is 0 Å². The molecule has 4 rings (SSSR count). The summed E-state index contributed by atoms with van der Waals surface area (Å²) in [6.45, 7) is 4.25. The van der Waals surface area contributed by atoms with Gasteiger partial charge in [-0.1, -0.05) is 58.4 Å². The Bertz CT molecular complexity index is 919. The van der Waals surface area contributed by atoms with E-state index in [1.807, 2.05) is 0 Å². The van der Waals surface area contributed by atoms with Crippen LogP contribution in [0.5, 0.6) is 5.75 Å². The second-order valence-electron chi connectivity index (χ2n) is 6.44. The molecule has 0 aliphatic heterocycles. The molecular formula is C22H19BrO. The van der Waals surface area contributed by atoms with Gasteiger partial charge in [0.25, 0.3) is 0 Å². The first-order valence-electron chi connectivity index (χ1n) is 8.14. The van der Waals surface area contributed by atoms with Gasteiger partial charge < -0.3 is 4.74 Å². The highest BCUT2D eigenvalue weighted by Gasteiger charge is 2.30. The Hall–Kier alpha value is -2.06. The summed E-state index contributed by atoms with van der Waals surface area (Å²) in [7, 11) is 1.74. The lowest BCUT2D eigenvalue weighted by atomic mass is 9.87. The van der Waals surface area contributed by atoms with Gasteiger partial charge in [0.2, 0.25) is 0 Å². The minimum atomic E-state index is 0.275. The van der Waals surface area contributed by atoms with Crippen LogP contribution < -0.4 is 4.74 Å². The van der Waals surface area contributed by atoms with Crippen LogP contribution in [0.3, 0.4) is 0 Å². The third-order valence-electron chi connectivity index (χ3n) is 4.91. The van der Waals surface area contributed by atoms with Crippen molar-refractivity contribution in [2.45, 2.75) is 19.8 Å². The van der Waals surface area contributed by atoms with Gasteiger partial charge in [-0.05, 0) is 64.9 Å². The van der Waals surface area contributed by atoms with Crippen LogP contribution in [0.2, 0.25) is 0 Å². The average Bonchev–Trinajstić information content (AvgIpc) is 2.88. The Morgan fingerprint density at radius 1 is 0.833 bits per heavy atom. The largest absolute Gasteiger partial charge is 0.496 e. The molecule has 0 heterocycles. The third-order valence-corrected chi connectivity index (χ3v) is 5.40. The van der Waals surface area contributed by atoms with Crippen LogP contribution in [0.15, 0.2) is 59.1 Å². The zero-order chi connectivity index (χ0) is 16.8. The van der Waals surface area contributed by atoms with E-state index in [0.717, 1.165) is 10.2 Å². The third kappa shape index (κ3) is 2.29. The van der Waals surface area contributed by atoms with Gasteiger partial charge in [0, 0.05) is 10.4 Å². The zero-order valence-electron chi connectivity index (χ0n) is 14.1. The topological polar surface area (TPSA) is 9.23 Å². The molecular weight excluding hydrogens is 360 g/mol. The van der Waals surface area contributed by atoms with Crippen LogP contribution in [0.4, 0.5) is 0 Å². The quantitative estimate of drug-likeness (QED) is 0.401. The first-order chi connectivity index (χ1) is 11.6. The van der Waals surface area contributed by atoms with Crippen LogP contribution in [-0.4, -0.2) is 7.11 Å². The molecule has 1 nitrogen and oxygen atoms in total. The molecule has 3 aromatic carbocycles. The standard InChI is InChI=1S/C22H19BrO/c1-13-10-15(11-14(2)22(13)24-3)21-19-7-5-4-6-17(19)18-9-8-16(23)12-20(18)21/h4-12,21H,1-3H3. The van der Waals surface area contributed by atoms with E-state index < -0.39 is 0 Å². The van der Waals surface area contributed by atoms with Gasteiger partial charge in [-0.15, -0.1) is 0 Å². The molecule has 2 heteroatoms. The molecule has 1 atom stereocenters. The summed E-state index contributed by atoms with van der Waals surface area (Å²) in [5.41, 5.74) is 9.14. The zero-order valence-corrected chi connectivity index (χ0v) is 15.6. The summed E-state index contributed by atoms with van der Waals surface area (Å²) >= 11 is 3.64. The Labute approximate surface area is 151 Å². The van der Waals surface area contributed by atoms with E-state index in [1.54, 1.807) is 7.11 Å². The number of aryl methyl sites for hydroxylation is 2. The van der Waals surface area contributed by atoms with E-state index in [0.29, 0.717) is 0 Å². The first-order valence-corrected chi connectivity index (χ1v) is 8.93. The normalized spacial score (nSPS) is 15.1. The summed E-state index contributed by atoms with van der Waals surface area (Å²) in [6, 6.07) is 19.9. The number of methoxy groups -OCH3 is 1. The SMILES string of the molecule is COc1c(C)cc(C2c3ccccc3-c3ccc(Br)cc32)cc1C. The summed E-state index contributed by atoms with van der Waals surface area (Å²) < 4.78 is 6.67. The van der Waals surface area contributed by atoms with E-state index in [1.165, 1.54) is 38.9 Å². The molecule has 1 unspecified atom stereocenters.